The van der Waals surface area contributed by atoms with Gasteiger partial charge in [0.05, 0.1) is 5.54 Å². The molecule has 7 nitrogen and oxygen atoms in total. The normalized spacial score (nSPS) is 11.5. The van der Waals surface area contributed by atoms with Crippen LogP contribution in [0.4, 0.5) is 0 Å². The highest BCUT2D eigenvalue weighted by atomic mass is 16.4. The maximum atomic E-state index is 9.99. The summed E-state index contributed by atoms with van der Waals surface area (Å²) in [7, 11) is 0. The van der Waals surface area contributed by atoms with Gasteiger partial charge in [-0.2, -0.15) is 0 Å². The molecule has 7 heteroatoms. The van der Waals surface area contributed by atoms with Gasteiger partial charge in [0.15, 0.2) is 0 Å². The number of rotatable bonds is 4. The fourth-order valence-corrected chi connectivity index (χ4v) is 0.539. The minimum atomic E-state index is -1.17. The van der Waals surface area contributed by atoms with Crippen LogP contribution in [0, 0.1) is 0 Å². The molecule has 4 N–H and O–H groups in total. The Labute approximate surface area is 99.3 Å². The lowest BCUT2D eigenvalue weighted by atomic mass is 10.1. The number of carboxylic acids is 2. The molecule has 0 saturated heterocycles. The highest BCUT2D eigenvalue weighted by Crippen LogP contribution is 2.02. The number of carbonyl (C=O) groups excluding carboxylic acids is 1. The number of carbonyl (C=O) groups is 2. The predicted molar refractivity (Wildman–Crippen MR) is 60.4 cm³/mol. The molecule has 0 saturated carbocycles. The molecule has 0 amide bonds. The van der Waals surface area contributed by atoms with E-state index in [4.69, 9.17) is 15.9 Å². The van der Waals surface area contributed by atoms with Crippen LogP contribution in [-0.4, -0.2) is 39.8 Å². The van der Waals surface area contributed by atoms with E-state index < -0.39 is 18.0 Å². The van der Waals surface area contributed by atoms with Gasteiger partial charge in [-0.15, -0.1) is 0 Å². The zero-order chi connectivity index (χ0) is 14.1. The Morgan fingerprint density at radius 2 is 1.82 bits per heavy atom. The van der Waals surface area contributed by atoms with Crippen LogP contribution >= 0.6 is 0 Å². The van der Waals surface area contributed by atoms with Gasteiger partial charge in [0, 0.05) is 6.42 Å². The lowest BCUT2D eigenvalue weighted by Gasteiger charge is -2.05. The van der Waals surface area contributed by atoms with E-state index in [2.05, 4.69) is 4.99 Å². The van der Waals surface area contributed by atoms with E-state index in [9.17, 15) is 14.4 Å². The lowest BCUT2D eigenvalue weighted by molar-refractivity contribution is -0.139. The molecule has 0 rings (SSSR count). The first-order chi connectivity index (χ1) is 7.60. The fraction of sp³-hybridized carbons (Fsp3) is 0.700. The van der Waals surface area contributed by atoms with Crippen LogP contribution in [0.2, 0.25) is 0 Å². The van der Waals surface area contributed by atoms with Gasteiger partial charge in [-0.05, 0) is 27.2 Å². The highest BCUT2D eigenvalue weighted by Gasteiger charge is 2.12. The molecule has 0 aliphatic carbocycles. The average molecular weight is 246 g/mol. The van der Waals surface area contributed by atoms with Gasteiger partial charge in [0.1, 0.15) is 6.04 Å². The molecule has 0 aliphatic heterocycles. The molecule has 0 heterocycles. The molecule has 0 aromatic carbocycles. The summed E-state index contributed by atoms with van der Waals surface area (Å²) in [5.74, 6) is -2.20. The van der Waals surface area contributed by atoms with Gasteiger partial charge < -0.3 is 15.9 Å². The largest absolute Gasteiger partial charge is 0.481 e. The number of aliphatic carboxylic acids is 2. The summed E-state index contributed by atoms with van der Waals surface area (Å²) >= 11 is 0. The van der Waals surface area contributed by atoms with Crippen molar-refractivity contribution in [3.8, 4) is 0 Å². The lowest BCUT2D eigenvalue weighted by Crippen LogP contribution is -2.30. The van der Waals surface area contributed by atoms with Crippen molar-refractivity contribution in [1.29, 1.82) is 0 Å². The number of isocyanates is 1. The second-order valence-electron chi connectivity index (χ2n) is 4.25. The van der Waals surface area contributed by atoms with Crippen LogP contribution in [0.1, 0.15) is 33.6 Å². The Kier molecular flexibility index (Phi) is 8.77. The third-order valence-corrected chi connectivity index (χ3v) is 1.37. The van der Waals surface area contributed by atoms with Crippen LogP contribution in [0.15, 0.2) is 4.99 Å². The number of carboxylic acid groups (broad SMARTS) is 2. The van der Waals surface area contributed by atoms with Crippen LogP contribution in [0.3, 0.4) is 0 Å². The van der Waals surface area contributed by atoms with Crippen molar-refractivity contribution in [2.24, 2.45) is 10.7 Å². The Bertz CT molecular complexity index is 302. The maximum Gasteiger partial charge on any atom is 0.320 e. The predicted octanol–water partition coefficient (Wildman–Crippen LogP) is 0.384. The monoisotopic (exact) mass is 246 g/mol. The summed E-state index contributed by atoms with van der Waals surface area (Å²) in [6.45, 7) is 5.54. The van der Waals surface area contributed by atoms with Crippen molar-refractivity contribution in [3.63, 3.8) is 0 Å². The van der Waals surface area contributed by atoms with Crippen molar-refractivity contribution in [1.82, 2.24) is 0 Å². The molecular weight excluding hydrogens is 228 g/mol. The molecule has 17 heavy (non-hydrogen) atoms. The molecule has 0 unspecified atom stereocenters. The first-order valence-electron chi connectivity index (χ1n) is 4.89. The average Bonchev–Trinajstić information content (AvgIpc) is 2.12. The third kappa shape index (κ3) is 16.9. The summed E-state index contributed by atoms with van der Waals surface area (Å²) in [5, 5.41) is 16.3. The molecule has 0 aromatic rings. The number of hydrogen-bond acceptors (Lipinski definition) is 5. The van der Waals surface area contributed by atoms with Crippen molar-refractivity contribution >= 4 is 18.0 Å². The van der Waals surface area contributed by atoms with Crippen molar-refractivity contribution < 1.29 is 24.6 Å². The topological polar surface area (TPSA) is 130 Å². The van der Waals surface area contributed by atoms with Crippen LogP contribution in [0.5, 0.6) is 0 Å². The van der Waals surface area contributed by atoms with Gasteiger partial charge in [-0.25, -0.2) is 9.79 Å². The first kappa shape index (κ1) is 17.7. The van der Waals surface area contributed by atoms with Gasteiger partial charge in [-0.3, -0.25) is 9.59 Å². The summed E-state index contributed by atoms with van der Waals surface area (Å²) in [6.07, 6.45) is 1.26. The minimum Gasteiger partial charge on any atom is -0.481 e. The van der Waals surface area contributed by atoms with Gasteiger partial charge >= 0.3 is 11.9 Å². The Balaban J connectivity index is 0. The second kappa shape index (κ2) is 8.43. The van der Waals surface area contributed by atoms with Crippen LogP contribution < -0.4 is 5.73 Å². The standard InChI is InChI=1S/C5H9NO4.C5H9NO/c6-3(5(9)10)1-2-4(7)8;1-5(2,3)6-4-7/h3H,1-2,6H2,(H,7,8)(H,9,10);1-3H3/t3-;/m0./s1. The SMILES string of the molecule is CC(C)(C)N=C=O.N[C@@H](CCC(=O)O)C(=O)O. The zero-order valence-corrected chi connectivity index (χ0v) is 10.1. The highest BCUT2D eigenvalue weighted by molar-refractivity contribution is 5.74. The van der Waals surface area contributed by atoms with E-state index in [-0.39, 0.29) is 18.4 Å². The molecule has 0 aliphatic rings. The van der Waals surface area contributed by atoms with E-state index in [0.29, 0.717) is 0 Å². The summed E-state index contributed by atoms with van der Waals surface area (Å²) < 4.78 is 0. The van der Waals surface area contributed by atoms with Crippen LogP contribution in [0.25, 0.3) is 0 Å². The Hall–Kier alpha value is -1.72. The van der Waals surface area contributed by atoms with Gasteiger partial charge in [-0.1, -0.05) is 0 Å². The molecule has 0 fully saturated rings. The van der Waals surface area contributed by atoms with E-state index in [1.165, 1.54) is 6.08 Å². The molecule has 1 atom stereocenters. The second-order valence-corrected chi connectivity index (χ2v) is 4.25. The third-order valence-electron chi connectivity index (χ3n) is 1.37. The smallest absolute Gasteiger partial charge is 0.320 e. The van der Waals surface area contributed by atoms with Gasteiger partial charge in [0.2, 0.25) is 6.08 Å². The molecule has 0 bridgehead atoms. The first-order valence-corrected chi connectivity index (χ1v) is 4.89. The summed E-state index contributed by atoms with van der Waals surface area (Å²) in [4.78, 5) is 32.9. The summed E-state index contributed by atoms with van der Waals surface area (Å²) in [5.41, 5.74) is 4.75. The van der Waals surface area contributed by atoms with Crippen LogP contribution in [-0.2, 0) is 14.4 Å². The number of nitrogens with zero attached hydrogens (tertiary/aromatic N) is 1. The van der Waals surface area contributed by atoms with Gasteiger partial charge in [0.25, 0.3) is 0 Å². The van der Waals surface area contributed by atoms with E-state index in [0.717, 1.165) is 0 Å². The van der Waals surface area contributed by atoms with E-state index in [1.807, 2.05) is 20.8 Å². The van der Waals surface area contributed by atoms with Crippen molar-refractivity contribution in [3.05, 3.63) is 0 Å². The minimum absolute atomic E-state index is 0.0231. The number of aliphatic imine (C=N–C) groups is 1. The molecule has 0 aromatic heterocycles. The molecule has 0 radical (unpaired) electrons. The zero-order valence-electron chi connectivity index (χ0n) is 10.1. The van der Waals surface area contributed by atoms with E-state index in [1.54, 1.807) is 0 Å². The Morgan fingerprint density at radius 1 is 1.35 bits per heavy atom. The number of nitrogens with two attached hydrogens (primary N) is 1. The van der Waals surface area contributed by atoms with E-state index >= 15 is 0 Å². The molecule has 98 valence electrons. The molecular formula is C10H18N2O5. The Morgan fingerprint density at radius 3 is 2.00 bits per heavy atom. The fourth-order valence-electron chi connectivity index (χ4n) is 0.539. The molecule has 0 spiro atoms. The quantitative estimate of drug-likeness (QED) is 0.485. The number of hydrogen-bond donors (Lipinski definition) is 3. The maximum absolute atomic E-state index is 9.99. The summed E-state index contributed by atoms with van der Waals surface area (Å²) in [6, 6.07) is -1.06. The van der Waals surface area contributed by atoms with Crippen molar-refractivity contribution in [2.75, 3.05) is 0 Å². The van der Waals surface area contributed by atoms with Crippen molar-refractivity contribution in [2.45, 2.75) is 45.2 Å².